The zero-order valence-electron chi connectivity index (χ0n) is 38.5. The van der Waals surface area contributed by atoms with Gasteiger partial charge in [0.15, 0.2) is 0 Å². The van der Waals surface area contributed by atoms with Crippen LogP contribution in [0.3, 0.4) is 0 Å². The summed E-state index contributed by atoms with van der Waals surface area (Å²) in [6.45, 7) is 35.7. The molecular weight excluding hydrogens is 731 g/mol. The molecule has 1 aliphatic carbocycles. The fourth-order valence-corrected chi connectivity index (χ4v) is 11.4. The second-order valence-corrected chi connectivity index (χ2v) is 23.9. The Hall–Kier alpha value is -4.28. The summed E-state index contributed by atoms with van der Waals surface area (Å²) >= 11 is 2.02. The summed E-state index contributed by atoms with van der Waals surface area (Å²) < 4.78 is 2.81. The summed E-state index contributed by atoms with van der Waals surface area (Å²) in [7, 11) is 0. The van der Waals surface area contributed by atoms with Crippen LogP contribution in [-0.4, -0.2) is 6.71 Å². The highest BCUT2D eigenvalue weighted by molar-refractivity contribution is 7.33. The third-order valence-corrected chi connectivity index (χ3v) is 15.4. The zero-order valence-corrected chi connectivity index (χ0v) is 39.3. The van der Waals surface area contributed by atoms with Crippen molar-refractivity contribution < 1.29 is 0 Å². The lowest BCUT2D eigenvalue weighted by Gasteiger charge is -2.47. The third-order valence-electron chi connectivity index (χ3n) is 14.2. The summed E-state index contributed by atoms with van der Waals surface area (Å²) in [5.41, 5.74) is 19.5. The molecule has 3 heterocycles. The van der Waals surface area contributed by atoms with E-state index in [4.69, 9.17) is 0 Å². The Bertz CT molecular complexity index is 2640. The summed E-state index contributed by atoms with van der Waals surface area (Å²) in [4.78, 5) is 5.31. The van der Waals surface area contributed by atoms with Gasteiger partial charge in [0.05, 0.1) is 5.69 Å². The first-order valence-corrected chi connectivity index (χ1v) is 23.0. The Morgan fingerprint density at radius 2 is 1.03 bits per heavy atom. The molecule has 0 atom stereocenters. The van der Waals surface area contributed by atoms with E-state index in [1.165, 1.54) is 106 Å². The molecule has 4 heteroatoms. The molecule has 0 saturated heterocycles. The van der Waals surface area contributed by atoms with Crippen molar-refractivity contribution in [3.8, 4) is 0 Å². The van der Waals surface area contributed by atoms with Crippen LogP contribution in [0, 0.1) is 0 Å². The molecular formula is C55H65BN2S. The van der Waals surface area contributed by atoms with Gasteiger partial charge in [0.2, 0.25) is 0 Å². The number of rotatable bonds is 3. The zero-order chi connectivity index (χ0) is 42.4. The molecule has 3 aliphatic rings. The van der Waals surface area contributed by atoms with E-state index in [0.29, 0.717) is 5.92 Å². The number of hydrogen-bond donors (Lipinski definition) is 0. The van der Waals surface area contributed by atoms with E-state index >= 15 is 0 Å². The van der Waals surface area contributed by atoms with Gasteiger partial charge in [-0.15, -0.1) is 11.3 Å². The van der Waals surface area contributed by atoms with Crippen molar-refractivity contribution in [2.75, 3.05) is 9.80 Å². The summed E-state index contributed by atoms with van der Waals surface area (Å²) in [6.07, 6.45) is 2.38. The number of hydrogen-bond acceptors (Lipinski definition) is 3. The molecule has 0 amide bonds. The molecule has 0 N–H and O–H groups in total. The molecule has 2 aliphatic heterocycles. The first-order chi connectivity index (χ1) is 27.5. The monoisotopic (exact) mass is 796 g/mol. The van der Waals surface area contributed by atoms with Gasteiger partial charge in [0, 0.05) is 43.3 Å². The van der Waals surface area contributed by atoms with Gasteiger partial charge in [0.1, 0.15) is 0 Å². The van der Waals surface area contributed by atoms with Gasteiger partial charge in [0.25, 0.3) is 6.71 Å². The third kappa shape index (κ3) is 6.41. The van der Waals surface area contributed by atoms with Crippen LogP contribution < -0.4 is 25.5 Å². The van der Waals surface area contributed by atoms with Crippen LogP contribution in [0.5, 0.6) is 0 Å². The van der Waals surface area contributed by atoms with Crippen LogP contribution in [0.4, 0.5) is 34.1 Å². The van der Waals surface area contributed by atoms with Crippen molar-refractivity contribution in [1.82, 2.24) is 0 Å². The number of thiophene rings is 1. The molecule has 2 nitrogen and oxygen atoms in total. The van der Waals surface area contributed by atoms with E-state index in [2.05, 4.69) is 205 Å². The lowest BCUT2D eigenvalue weighted by Crippen LogP contribution is -2.61. The first-order valence-electron chi connectivity index (χ1n) is 22.2. The average Bonchev–Trinajstić information content (AvgIpc) is 3.53. The molecule has 1 aromatic heterocycles. The van der Waals surface area contributed by atoms with E-state index in [1.807, 2.05) is 11.3 Å². The van der Waals surface area contributed by atoms with Crippen molar-refractivity contribution >= 4 is 78.0 Å². The van der Waals surface area contributed by atoms with Gasteiger partial charge in [-0.05, 0) is 145 Å². The van der Waals surface area contributed by atoms with Crippen LogP contribution in [0.2, 0.25) is 0 Å². The Balaban J connectivity index is 1.43. The second kappa shape index (κ2) is 13.1. The highest BCUT2D eigenvalue weighted by atomic mass is 32.1. The first kappa shape index (κ1) is 40.1. The van der Waals surface area contributed by atoms with E-state index in [-0.39, 0.29) is 33.8 Å². The Labute approximate surface area is 360 Å². The lowest BCUT2D eigenvalue weighted by atomic mass is 9.35. The number of fused-ring (bicyclic) bond motifs is 7. The molecule has 0 spiro atoms. The molecule has 0 bridgehead atoms. The molecule has 0 saturated carbocycles. The fraction of sp³-hybridized carbons (Fsp3) is 0.418. The second-order valence-electron chi connectivity index (χ2n) is 22.8. The molecule has 0 radical (unpaired) electrons. The smallest absolute Gasteiger partial charge is 0.264 e. The predicted molar refractivity (Wildman–Crippen MR) is 261 cm³/mol. The molecule has 0 fully saturated rings. The van der Waals surface area contributed by atoms with Crippen molar-refractivity contribution in [2.45, 2.75) is 150 Å². The number of anilines is 6. The highest BCUT2D eigenvalue weighted by Gasteiger charge is 2.48. The van der Waals surface area contributed by atoms with Gasteiger partial charge in [-0.2, -0.15) is 0 Å². The fourth-order valence-electron chi connectivity index (χ4n) is 10.1. The minimum atomic E-state index is 0.0324. The minimum Gasteiger partial charge on any atom is -0.311 e. The van der Waals surface area contributed by atoms with Crippen molar-refractivity contribution in [1.29, 1.82) is 0 Å². The number of nitrogens with zero attached hydrogens (tertiary/aromatic N) is 2. The normalized spacial score (nSPS) is 16.9. The van der Waals surface area contributed by atoms with E-state index < -0.39 is 0 Å². The maximum Gasteiger partial charge on any atom is 0.264 e. The van der Waals surface area contributed by atoms with Crippen LogP contribution >= 0.6 is 11.3 Å². The van der Waals surface area contributed by atoms with Crippen LogP contribution in [0.25, 0.3) is 10.1 Å². The van der Waals surface area contributed by atoms with Gasteiger partial charge in [-0.25, -0.2) is 0 Å². The highest BCUT2D eigenvalue weighted by Crippen LogP contribution is 2.52. The predicted octanol–water partition coefficient (Wildman–Crippen LogP) is 14.3. The van der Waals surface area contributed by atoms with Gasteiger partial charge >= 0.3 is 0 Å². The standard InChI is InChI=1S/C55H65BN2S/c1-33(2)34-28-45-48-46(29-34)58(39-23-18-36(19-24-39)52(6,7)8)49-40-30-37(53(9,10)11)20-25-47(40)59-50(49)56(48)43-31-41-42(55(14,15)27-26-54(41,12)13)32-44(43)57(45)38-21-16-35(17-22-38)51(3,4)5/h16-25,28-33H,26-27H2,1-15H3. The topological polar surface area (TPSA) is 6.48 Å². The molecule has 9 rings (SSSR count). The lowest BCUT2D eigenvalue weighted by molar-refractivity contribution is 0.332. The van der Waals surface area contributed by atoms with Crippen molar-refractivity contribution in [3.05, 3.63) is 124 Å². The molecule has 304 valence electrons. The van der Waals surface area contributed by atoms with Gasteiger partial charge in [-0.1, -0.05) is 140 Å². The maximum atomic E-state index is 2.68. The van der Waals surface area contributed by atoms with Crippen molar-refractivity contribution in [2.24, 2.45) is 0 Å². The van der Waals surface area contributed by atoms with Crippen LogP contribution in [0.15, 0.2) is 91.0 Å². The van der Waals surface area contributed by atoms with E-state index in [9.17, 15) is 0 Å². The van der Waals surface area contributed by atoms with Gasteiger partial charge < -0.3 is 9.80 Å². The Morgan fingerprint density at radius 3 is 1.54 bits per heavy atom. The molecule has 59 heavy (non-hydrogen) atoms. The average molecular weight is 797 g/mol. The summed E-state index contributed by atoms with van der Waals surface area (Å²) in [5.74, 6) is 0.350. The van der Waals surface area contributed by atoms with Crippen LogP contribution in [-0.2, 0) is 27.1 Å². The SMILES string of the molecule is CC(C)c1cc2c3c(c1)N(c1ccc(C(C)(C)C)cc1)c1c(sc4ccc(C(C)(C)C)cc14)B3c1cc3c(cc1N2c1ccc(C(C)(C)C)cc1)C(C)(C)CCC3(C)C. The molecule has 6 aromatic rings. The quantitative estimate of drug-likeness (QED) is 0.164. The number of benzene rings is 5. The molecule has 0 unspecified atom stereocenters. The Kier molecular flexibility index (Phi) is 8.92. The van der Waals surface area contributed by atoms with E-state index in [0.717, 1.165) is 0 Å². The van der Waals surface area contributed by atoms with Crippen molar-refractivity contribution in [3.63, 3.8) is 0 Å². The van der Waals surface area contributed by atoms with E-state index in [1.54, 1.807) is 0 Å². The van der Waals surface area contributed by atoms with Crippen LogP contribution in [0.1, 0.15) is 156 Å². The maximum absolute atomic E-state index is 2.68. The summed E-state index contributed by atoms with van der Waals surface area (Å²) in [5, 5.41) is 1.36. The Morgan fingerprint density at radius 1 is 0.559 bits per heavy atom. The summed E-state index contributed by atoms with van der Waals surface area (Å²) in [6, 6.07) is 36.7. The minimum absolute atomic E-state index is 0.0324. The van der Waals surface area contributed by atoms with Gasteiger partial charge in [-0.3, -0.25) is 0 Å². The largest absolute Gasteiger partial charge is 0.311 e. The molecule has 5 aromatic carbocycles.